The molecule has 0 aliphatic rings. The lowest BCUT2D eigenvalue weighted by molar-refractivity contribution is 1.43. The van der Waals surface area contributed by atoms with Crippen LogP contribution in [-0.2, 0) is 0 Å². The van der Waals surface area contributed by atoms with Crippen LogP contribution in [0.25, 0.3) is 0 Å². The molecule has 0 atom stereocenters. The lowest BCUT2D eigenvalue weighted by Crippen LogP contribution is -1.79. The lowest BCUT2D eigenvalue weighted by Gasteiger charge is -1.90. The second kappa shape index (κ2) is 5.95. The fourth-order valence-electron chi connectivity index (χ4n) is 0.735. The first-order valence-electron chi connectivity index (χ1n) is 3.60. The van der Waals surface area contributed by atoms with Crippen molar-refractivity contribution in [2.45, 2.75) is 13.8 Å². The number of rotatable bonds is 2. The van der Waals surface area contributed by atoms with Gasteiger partial charge in [0.05, 0.1) is 0 Å². The molecule has 2 heteroatoms. The van der Waals surface area contributed by atoms with Crippen LogP contribution in [0.3, 0.4) is 0 Å². The summed E-state index contributed by atoms with van der Waals surface area (Å²) in [4.78, 5) is 0. The molecule has 0 aromatic rings. The predicted molar refractivity (Wildman–Crippen MR) is 47.9 cm³/mol. The van der Waals surface area contributed by atoms with Crippen LogP contribution in [0.5, 0.6) is 0 Å². The predicted octanol–water partition coefficient (Wildman–Crippen LogP) is 2.48. The van der Waals surface area contributed by atoms with Gasteiger partial charge in [-0.05, 0) is 13.8 Å². The molecule has 0 amide bonds. The highest BCUT2D eigenvalue weighted by Crippen LogP contribution is 2.06. The van der Waals surface area contributed by atoms with E-state index in [4.69, 9.17) is 10.5 Å². The Labute approximate surface area is 72.7 Å². The van der Waals surface area contributed by atoms with Crippen molar-refractivity contribution in [3.8, 4) is 12.1 Å². The number of hydrogen-bond acceptors (Lipinski definition) is 2. The Morgan fingerprint density at radius 2 is 1.42 bits per heavy atom. The number of allylic oxidation sites excluding steroid dienone is 6. The Bertz CT molecular complexity index is 276. The fraction of sp³-hybridized carbons (Fsp3) is 0.200. The molecular formula is C10H10N2. The summed E-state index contributed by atoms with van der Waals surface area (Å²) in [5, 5.41) is 17.1. The van der Waals surface area contributed by atoms with E-state index >= 15 is 0 Å². The maximum Gasteiger partial charge on any atom is 0.136 e. The first-order valence-corrected chi connectivity index (χ1v) is 3.60. The first kappa shape index (κ1) is 10.2. The maximum atomic E-state index is 8.55. The van der Waals surface area contributed by atoms with Crippen LogP contribution in [0.1, 0.15) is 13.8 Å². The number of hydrogen-bond donors (Lipinski definition) is 0. The highest BCUT2D eigenvalue weighted by atomic mass is 14.3. The second-order valence-electron chi connectivity index (χ2n) is 2.05. The van der Waals surface area contributed by atoms with E-state index in [0.29, 0.717) is 5.57 Å². The Morgan fingerprint density at radius 3 is 1.67 bits per heavy atom. The van der Waals surface area contributed by atoms with Gasteiger partial charge in [0.1, 0.15) is 17.7 Å². The topological polar surface area (TPSA) is 47.6 Å². The van der Waals surface area contributed by atoms with E-state index in [0.717, 1.165) is 0 Å². The van der Waals surface area contributed by atoms with Crippen molar-refractivity contribution in [1.29, 1.82) is 10.5 Å². The molecule has 0 fully saturated rings. The van der Waals surface area contributed by atoms with Gasteiger partial charge in [0.15, 0.2) is 0 Å². The Morgan fingerprint density at radius 1 is 1.00 bits per heavy atom. The molecule has 0 rings (SSSR count). The van der Waals surface area contributed by atoms with E-state index in [1.165, 1.54) is 0 Å². The van der Waals surface area contributed by atoms with Gasteiger partial charge in [-0.25, -0.2) is 0 Å². The van der Waals surface area contributed by atoms with Crippen LogP contribution >= 0.6 is 0 Å². The quantitative estimate of drug-likeness (QED) is 0.458. The molecule has 0 radical (unpaired) electrons. The van der Waals surface area contributed by atoms with Gasteiger partial charge in [-0.2, -0.15) is 10.5 Å². The molecule has 0 aromatic heterocycles. The van der Waals surface area contributed by atoms with Crippen molar-refractivity contribution in [3.63, 3.8) is 0 Å². The molecule has 60 valence electrons. The van der Waals surface area contributed by atoms with Crippen LogP contribution in [0, 0.1) is 22.7 Å². The van der Waals surface area contributed by atoms with E-state index in [9.17, 15) is 0 Å². The molecule has 0 N–H and O–H groups in total. The minimum atomic E-state index is 0.145. The SMILES string of the molecule is C/C=C\C(/C=C\C)=C(C#N)C#N. The summed E-state index contributed by atoms with van der Waals surface area (Å²) in [6.45, 7) is 3.69. The summed E-state index contributed by atoms with van der Waals surface area (Å²) in [6, 6.07) is 3.67. The van der Waals surface area contributed by atoms with Gasteiger partial charge in [0.2, 0.25) is 0 Å². The molecular weight excluding hydrogens is 148 g/mol. The molecule has 2 nitrogen and oxygen atoms in total. The monoisotopic (exact) mass is 158 g/mol. The minimum absolute atomic E-state index is 0.145. The average Bonchev–Trinajstić information content (AvgIpc) is 2.07. The third-order valence-electron chi connectivity index (χ3n) is 1.20. The summed E-state index contributed by atoms with van der Waals surface area (Å²) in [6.07, 6.45) is 7.07. The van der Waals surface area contributed by atoms with E-state index in [-0.39, 0.29) is 5.57 Å². The molecule has 0 saturated carbocycles. The van der Waals surface area contributed by atoms with Gasteiger partial charge in [-0.15, -0.1) is 0 Å². The molecule has 0 bridgehead atoms. The molecule has 0 unspecified atom stereocenters. The summed E-state index contributed by atoms with van der Waals surface area (Å²) < 4.78 is 0. The zero-order chi connectivity index (χ0) is 9.40. The zero-order valence-corrected chi connectivity index (χ0v) is 7.20. The Kier molecular flexibility index (Phi) is 5.05. The van der Waals surface area contributed by atoms with E-state index in [1.807, 2.05) is 26.0 Å². The maximum absolute atomic E-state index is 8.55. The number of nitrogens with zero attached hydrogens (tertiary/aromatic N) is 2. The van der Waals surface area contributed by atoms with Crippen LogP contribution in [-0.4, -0.2) is 0 Å². The van der Waals surface area contributed by atoms with Crippen molar-refractivity contribution >= 4 is 0 Å². The van der Waals surface area contributed by atoms with Gasteiger partial charge in [0.25, 0.3) is 0 Å². The van der Waals surface area contributed by atoms with E-state index < -0.39 is 0 Å². The lowest BCUT2D eigenvalue weighted by atomic mass is 10.1. The molecule has 0 heterocycles. The van der Waals surface area contributed by atoms with Gasteiger partial charge >= 0.3 is 0 Å². The molecule has 0 spiro atoms. The second-order valence-corrected chi connectivity index (χ2v) is 2.05. The largest absolute Gasteiger partial charge is 0.192 e. The standard InChI is InChI=1S/C10H10N2/c1-3-5-9(6-4-2)10(7-11)8-12/h3-6H,1-2H3/b5-3-,6-4-. The summed E-state index contributed by atoms with van der Waals surface area (Å²) in [7, 11) is 0. The van der Waals surface area contributed by atoms with E-state index in [1.54, 1.807) is 24.3 Å². The van der Waals surface area contributed by atoms with Crippen LogP contribution in [0.4, 0.5) is 0 Å². The summed E-state index contributed by atoms with van der Waals surface area (Å²) >= 11 is 0. The highest BCUT2D eigenvalue weighted by molar-refractivity contribution is 5.49. The van der Waals surface area contributed by atoms with Crippen molar-refractivity contribution in [1.82, 2.24) is 0 Å². The van der Waals surface area contributed by atoms with Crippen LogP contribution in [0.2, 0.25) is 0 Å². The van der Waals surface area contributed by atoms with Gasteiger partial charge in [-0.1, -0.05) is 24.3 Å². The Hall–Kier alpha value is -1.80. The van der Waals surface area contributed by atoms with E-state index in [2.05, 4.69) is 0 Å². The smallest absolute Gasteiger partial charge is 0.136 e. The van der Waals surface area contributed by atoms with Crippen molar-refractivity contribution < 1.29 is 0 Å². The van der Waals surface area contributed by atoms with Gasteiger partial charge in [-0.3, -0.25) is 0 Å². The first-order chi connectivity index (χ1) is 5.79. The van der Waals surface area contributed by atoms with Crippen molar-refractivity contribution in [2.24, 2.45) is 0 Å². The third-order valence-corrected chi connectivity index (χ3v) is 1.20. The average molecular weight is 158 g/mol. The fourth-order valence-corrected chi connectivity index (χ4v) is 0.735. The number of nitriles is 2. The third kappa shape index (κ3) is 2.86. The molecule has 0 aliphatic carbocycles. The van der Waals surface area contributed by atoms with Crippen molar-refractivity contribution in [2.75, 3.05) is 0 Å². The van der Waals surface area contributed by atoms with Crippen molar-refractivity contribution in [3.05, 3.63) is 35.5 Å². The summed E-state index contributed by atoms with van der Waals surface area (Å²) in [5.41, 5.74) is 0.802. The molecule has 0 aromatic carbocycles. The van der Waals surface area contributed by atoms with Gasteiger partial charge in [0, 0.05) is 5.57 Å². The van der Waals surface area contributed by atoms with Crippen LogP contribution < -0.4 is 0 Å². The highest BCUT2D eigenvalue weighted by Gasteiger charge is 1.97. The molecule has 12 heavy (non-hydrogen) atoms. The normalized spacial score (nSPS) is 9.67. The Balaban J connectivity index is 5.10. The molecule has 0 saturated heterocycles. The van der Waals surface area contributed by atoms with Gasteiger partial charge < -0.3 is 0 Å². The zero-order valence-electron chi connectivity index (χ0n) is 7.20. The minimum Gasteiger partial charge on any atom is -0.192 e. The summed E-state index contributed by atoms with van der Waals surface area (Å²) in [5.74, 6) is 0. The van der Waals surface area contributed by atoms with Crippen LogP contribution in [0.15, 0.2) is 35.5 Å². The molecule has 0 aliphatic heterocycles.